The average molecular weight is 412 g/mol. The lowest BCUT2D eigenvalue weighted by Crippen LogP contribution is -2.62. The maximum Gasteiger partial charge on any atom is 0.332 e. The quantitative estimate of drug-likeness (QED) is 0.738. The van der Waals surface area contributed by atoms with Crippen LogP contribution in [0.4, 0.5) is 8.78 Å². The molecule has 0 aromatic heterocycles. The number of nitrogens with one attached hydrogen (secondary N) is 1. The lowest BCUT2D eigenvalue weighted by atomic mass is 9.51. The summed E-state index contributed by atoms with van der Waals surface area (Å²) in [6, 6.07) is -0.598. The minimum Gasteiger partial charge on any atom is -0.478 e. The van der Waals surface area contributed by atoms with Crippen LogP contribution in [-0.2, 0) is 19.3 Å². The van der Waals surface area contributed by atoms with Gasteiger partial charge in [-0.15, -0.1) is 0 Å². The standard InChI is InChI=1S/C20H26F2N2O5/c1-18(13(16(25)26)6-7-14-15(18)29-24(2)28-14)19(8-4-3-5-9-19)17(27)23-12-10-20(21,22)11-12/h6-7,12,15H,3-5,8-11H2,1-2H3,(H,23,27)(H,25,26). The number of fused-ring (bicyclic) bond motifs is 1. The normalized spacial score (nSPS) is 33.6. The molecule has 3 aliphatic carbocycles. The second kappa shape index (κ2) is 6.77. The zero-order valence-corrected chi connectivity index (χ0v) is 16.5. The predicted octanol–water partition coefficient (Wildman–Crippen LogP) is 2.94. The number of allylic oxidation sites excluding steroid dienone is 2. The Hall–Kier alpha value is -2.00. The molecular formula is C20H26F2N2O5. The average Bonchev–Trinajstić information content (AvgIpc) is 3.02. The van der Waals surface area contributed by atoms with Crippen molar-refractivity contribution in [1.29, 1.82) is 0 Å². The van der Waals surface area contributed by atoms with Gasteiger partial charge in [0.25, 0.3) is 5.92 Å². The molecule has 0 spiro atoms. The molecule has 2 saturated carbocycles. The third-order valence-corrected chi connectivity index (χ3v) is 7.04. The fraction of sp³-hybridized carbons (Fsp3) is 0.700. The molecule has 0 aromatic rings. The van der Waals surface area contributed by atoms with Crippen molar-refractivity contribution in [1.82, 2.24) is 10.5 Å². The van der Waals surface area contributed by atoms with E-state index >= 15 is 0 Å². The summed E-state index contributed by atoms with van der Waals surface area (Å²) >= 11 is 0. The van der Waals surface area contributed by atoms with Gasteiger partial charge in [0.2, 0.25) is 5.91 Å². The Morgan fingerprint density at radius 1 is 1.21 bits per heavy atom. The van der Waals surface area contributed by atoms with Gasteiger partial charge in [-0.25, -0.2) is 13.6 Å². The Morgan fingerprint density at radius 2 is 1.86 bits per heavy atom. The van der Waals surface area contributed by atoms with Gasteiger partial charge < -0.3 is 15.3 Å². The second-order valence-electron chi connectivity index (χ2n) is 8.75. The van der Waals surface area contributed by atoms with Crippen LogP contribution in [0.25, 0.3) is 0 Å². The number of carbonyl (C=O) groups excluding carboxylic acids is 1. The van der Waals surface area contributed by atoms with E-state index in [0.717, 1.165) is 24.5 Å². The SMILES string of the molecule is CN1OC2=CC=C(C(=O)O)C(C)(C3(C(=O)NC4CC(F)(F)C4)CCCCC3)C2O1. The van der Waals surface area contributed by atoms with Crippen molar-refractivity contribution in [2.75, 3.05) is 7.05 Å². The summed E-state index contributed by atoms with van der Waals surface area (Å²) in [7, 11) is 1.56. The second-order valence-corrected chi connectivity index (χ2v) is 8.75. The van der Waals surface area contributed by atoms with Crippen LogP contribution in [0.3, 0.4) is 0 Å². The van der Waals surface area contributed by atoms with E-state index in [1.807, 2.05) is 0 Å². The van der Waals surface area contributed by atoms with Gasteiger partial charge in [0.1, 0.15) is 0 Å². The Labute approximate surface area is 167 Å². The maximum absolute atomic E-state index is 13.6. The molecule has 29 heavy (non-hydrogen) atoms. The summed E-state index contributed by atoms with van der Waals surface area (Å²) in [4.78, 5) is 37.1. The van der Waals surface area contributed by atoms with Gasteiger partial charge in [-0.2, -0.15) is 0 Å². The van der Waals surface area contributed by atoms with Gasteiger partial charge in [-0.1, -0.05) is 26.2 Å². The van der Waals surface area contributed by atoms with E-state index in [-0.39, 0.29) is 24.3 Å². The van der Waals surface area contributed by atoms with E-state index in [0.29, 0.717) is 18.6 Å². The number of carboxylic acid groups (broad SMARTS) is 1. The first-order valence-electron chi connectivity index (χ1n) is 10.0. The molecule has 1 aliphatic heterocycles. The van der Waals surface area contributed by atoms with Crippen LogP contribution in [0.2, 0.25) is 0 Å². The molecule has 9 heteroatoms. The van der Waals surface area contributed by atoms with E-state index < -0.39 is 34.9 Å². The van der Waals surface area contributed by atoms with Crippen LogP contribution in [0.15, 0.2) is 23.5 Å². The lowest BCUT2D eigenvalue weighted by molar-refractivity contribution is -0.295. The molecule has 4 aliphatic rings. The summed E-state index contributed by atoms with van der Waals surface area (Å²) in [5, 5.41) is 13.9. The molecule has 1 saturated heterocycles. The number of hydrogen-bond donors (Lipinski definition) is 2. The van der Waals surface area contributed by atoms with E-state index in [1.54, 1.807) is 20.0 Å². The van der Waals surface area contributed by atoms with Crippen molar-refractivity contribution in [3.63, 3.8) is 0 Å². The third-order valence-electron chi connectivity index (χ3n) is 7.04. The molecule has 4 rings (SSSR count). The lowest BCUT2D eigenvalue weighted by Gasteiger charge is -2.53. The summed E-state index contributed by atoms with van der Waals surface area (Å²) in [6.45, 7) is 1.73. The number of hydroxylamine groups is 2. The summed E-state index contributed by atoms with van der Waals surface area (Å²) < 4.78 is 26.6. The zero-order valence-electron chi connectivity index (χ0n) is 16.5. The number of rotatable bonds is 4. The molecule has 3 fully saturated rings. The highest BCUT2D eigenvalue weighted by Crippen LogP contribution is 2.60. The van der Waals surface area contributed by atoms with Gasteiger partial charge >= 0.3 is 5.97 Å². The summed E-state index contributed by atoms with van der Waals surface area (Å²) in [6.07, 6.45) is 4.82. The molecule has 2 atom stereocenters. The first kappa shape index (κ1) is 20.3. The largest absolute Gasteiger partial charge is 0.478 e. The van der Waals surface area contributed by atoms with Gasteiger partial charge in [-0.05, 0) is 30.2 Å². The van der Waals surface area contributed by atoms with Crippen LogP contribution in [0.5, 0.6) is 0 Å². The van der Waals surface area contributed by atoms with Crippen molar-refractivity contribution < 1.29 is 33.2 Å². The van der Waals surface area contributed by atoms with E-state index in [2.05, 4.69) is 5.32 Å². The van der Waals surface area contributed by atoms with Crippen molar-refractivity contribution in [3.8, 4) is 0 Å². The molecule has 160 valence electrons. The first-order chi connectivity index (χ1) is 13.6. The Bertz CT molecular complexity index is 782. The topological polar surface area (TPSA) is 88.1 Å². The number of carbonyl (C=O) groups is 2. The molecule has 1 amide bonds. The number of aliphatic carboxylic acids is 1. The van der Waals surface area contributed by atoms with Gasteiger partial charge in [0.05, 0.1) is 12.5 Å². The van der Waals surface area contributed by atoms with Crippen LogP contribution in [-0.4, -0.2) is 47.3 Å². The van der Waals surface area contributed by atoms with Crippen LogP contribution < -0.4 is 5.32 Å². The summed E-state index contributed by atoms with van der Waals surface area (Å²) in [5.41, 5.74) is -2.25. The molecule has 0 radical (unpaired) electrons. The van der Waals surface area contributed by atoms with Crippen LogP contribution in [0, 0.1) is 10.8 Å². The molecule has 0 bridgehead atoms. The number of hydrogen-bond acceptors (Lipinski definition) is 5. The highest BCUT2D eigenvalue weighted by molar-refractivity contribution is 5.93. The van der Waals surface area contributed by atoms with Crippen LogP contribution >= 0.6 is 0 Å². The van der Waals surface area contributed by atoms with Gasteiger partial charge in [0.15, 0.2) is 11.9 Å². The van der Waals surface area contributed by atoms with E-state index in [1.165, 1.54) is 6.08 Å². The van der Waals surface area contributed by atoms with Crippen molar-refractivity contribution in [3.05, 3.63) is 23.5 Å². The Morgan fingerprint density at radius 3 is 2.45 bits per heavy atom. The smallest absolute Gasteiger partial charge is 0.332 e. The Kier molecular flexibility index (Phi) is 4.73. The number of amides is 1. The highest BCUT2D eigenvalue weighted by atomic mass is 19.3. The molecule has 7 nitrogen and oxygen atoms in total. The zero-order chi connectivity index (χ0) is 21.0. The summed E-state index contributed by atoms with van der Waals surface area (Å²) in [5.74, 6) is -3.81. The maximum atomic E-state index is 13.6. The van der Waals surface area contributed by atoms with Gasteiger partial charge in [-0.3, -0.25) is 9.63 Å². The monoisotopic (exact) mass is 412 g/mol. The minimum absolute atomic E-state index is 0.0705. The molecule has 2 unspecified atom stereocenters. The third kappa shape index (κ3) is 3.06. The molecule has 0 aromatic carbocycles. The molecule has 1 heterocycles. The predicted molar refractivity (Wildman–Crippen MR) is 97.3 cm³/mol. The fourth-order valence-electron chi connectivity index (χ4n) is 5.43. The van der Waals surface area contributed by atoms with E-state index in [4.69, 9.17) is 9.68 Å². The Balaban J connectivity index is 1.74. The van der Waals surface area contributed by atoms with Crippen LogP contribution in [0.1, 0.15) is 51.9 Å². The highest BCUT2D eigenvalue weighted by Gasteiger charge is 2.65. The van der Waals surface area contributed by atoms with Gasteiger partial charge in [0, 0.05) is 29.9 Å². The number of halogens is 2. The number of nitrogens with zero attached hydrogens (tertiary/aromatic N) is 1. The first-order valence-corrected chi connectivity index (χ1v) is 10.0. The minimum atomic E-state index is -2.75. The molecule has 2 N–H and O–H groups in total. The number of carboxylic acids is 1. The van der Waals surface area contributed by atoms with E-state index in [9.17, 15) is 23.5 Å². The van der Waals surface area contributed by atoms with Crippen molar-refractivity contribution in [2.45, 2.75) is 69.9 Å². The fourth-order valence-corrected chi connectivity index (χ4v) is 5.43. The molecular weight excluding hydrogens is 386 g/mol. The van der Waals surface area contributed by atoms with Crippen molar-refractivity contribution >= 4 is 11.9 Å². The number of alkyl halides is 2. The van der Waals surface area contributed by atoms with Crippen molar-refractivity contribution in [2.24, 2.45) is 10.8 Å².